The van der Waals surface area contributed by atoms with Gasteiger partial charge in [0.25, 0.3) is 15.9 Å². The Morgan fingerprint density at radius 3 is 2.46 bits per heavy atom. The van der Waals surface area contributed by atoms with Crippen LogP contribution in [0.3, 0.4) is 0 Å². The highest BCUT2D eigenvalue weighted by atomic mass is 32.2. The second-order valence-corrected chi connectivity index (χ2v) is 8.15. The predicted octanol–water partition coefficient (Wildman–Crippen LogP) is 2.42. The predicted molar refractivity (Wildman–Crippen MR) is 99.8 cm³/mol. The van der Waals surface area contributed by atoms with Crippen molar-refractivity contribution in [3.05, 3.63) is 60.2 Å². The van der Waals surface area contributed by atoms with Crippen LogP contribution in [0.4, 0.5) is 5.69 Å². The Labute approximate surface area is 153 Å². The number of amides is 1. The molecule has 0 spiro atoms. The zero-order valence-electron chi connectivity index (χ0n) is 14.6. The Morgan fingerprint density at radius 2 is 1.85 bits per heavy atom. The molecule has 1 aliphatic rings. The third kappa shape index (κ3) is 4.05. The van der Waals surface area contributed by atoms with Gasteiger partial charge in [-0.25, -0.2) is 8.42 Å². The van der Waals surface area contributed by atoms with Crippen LogP contribution < -0.4 is 9.62 Å². The molecule has 26 heavy (non-hydrogen) atoms. The van der Waals surface area contributed by atoms with Crippen molar-refractivity contribution in [2.75, 3.05) is 24.5 Å². The lowest BCUT2D eigenvalue weighted by molar-refractivity contribution is 0.0858. The largest absolute Gasteiger partial charge is 0.376 e. The lowest BCUT2D eigenvalue weighted by atomic mass is 10.2. The zero-order chi connectivity index (χ0) is 18.6. The first-order valence-electron chi connectivity index (χ1n) is 8.52. The third-order valence-electron chi connectivity index (χ3n) is 4.41. The van der Waals surface area contributed by atoms with E-state index in [4.69, 9.17) is 4.74 Å². The second-order valence-electron chi connectivity index (χ2n) is 6.18. The van der Waals surface area contributed by atoms with Crippen molar-refractivity contribution >= 4 is 21.6 Å². The van der Waals surface area contributed by atoms with Gasteiger partial charge < -0.3 is 10.1 Å². The van der Waals surface area contributed by atoms with E-state index in [0.29, 0.717) is 17.8 Å². The molecule has 6 nitrogen and oxygen atoms in total. The van der Waals surface area contributed by atoms with Crippen LogP contribution in [-0.4, -0.2) is 40.6 Å². The SMILES string of the molecule is CN(c1ccc(C(=O)NC[C@H]2CCCO2)cc1)S(=O)(=O)c1ccccc1. The summed E-state index contributed by atoms with van der Waals surface area (Å²) in [6.45, 7) is 1.24. The van der Waals surface area contributed by atoms with E-state index in [1.54, 1.807) is 54.6 Å². The van der Waals surface area contributed by atoms with Crippen molar-refractivity contribution < 1.29 is 17.9 Å². The number of hydrogen-bond acceptors (Lipinski definition) is 4. The lowest BCUT2D eigenvalue weighted by Gasteiger charge is -2.19. The summed E-state index contributed by atoms with van der Waals surface area (Å²) in [6.07, 6.45) is 2.07. The topological polar surface area (TPSA) is 75.7 Å². The van der Waals surface area contributed by atoms with E-state index in [9.17, 15) is 13.2 Å². The number of sulfonamides is 1. The minimum absolute atomic E-state index is 0.0837. The first kappa shape index (κ1) is 18.4. The Bertz CT molecular complexity index is 845. The second kappa shape index (κ2) is 7.88. The van der Waals surface area contributed by atoms with Gasteiger partial charge in [-0.05, 0) is 49.2 Å². The van der Waals surface area contributed by atoms with E-state index < -0.39 is 10.0 Å². The van der Waals surface area contributed by atoms with Crippen LogP contribution in [0.2, 0.25) is 0 Å². The summed E-state index contributed by atoms with van der Waals surface area (Å²) in [5.41, 5.74) is 0.974. The van der Waals surface area contributed by atoms with Gasteiger partial charge in [-0.2, -0.15) is 0 Å². The van der Waals surface area contributed by atoms with E-state index in [-0.39, 0.29) is 16.9 Å². The van der Waals surface area contributed by atoms with E-state index in [1.165, 1.54) is 11.4 Å². The van der Waals surface area contributed by atoms with Crippen molar-refractivity contribution in [1.29, 1.82) is 0 Å². The maximum Gasteiger partial charge on any atom is 0.264 e. The molecule has 0 radical (unpaired) electrons. The third-order valence-corrected chi connectivity index (χ3v) is 6.21. The molecule has 2 aromatic rings. The Hall–Kier alpha value is -2.38. The minimum Gasteiger partial charge on any atom is -0.376 e. The van der Waals surface area contributed by atoms with Gasteiger partial charge in [-0.1, -0.05) is 18.2 Å². The van der Waals surface area contributed by atoms with E-state index in [0.717, 1.165) is 19.4 Å². The van der Waals surface area contributed by atoms with Gasteiger partial charge in [0, 0.05) is 25.8 Å². The lowest BCUT2D eigenvalue weighted by Crippen LogP contribution is -2.31. The molecule has 1 N–H and O–H groups in total. The van der Waals surface area contributed by atoms with E-state index in [1.807, 2.05) is 0 Å². The number of rotatable bonds is 6. The fraction of sp³-hybridized carbons (Fsp3) is 0.316. The highest BCUT2D eigenvalue weighted by Gasteiger charge is 2.21. The molecule has 1 aliphatic heterocycles. The molecule has 1 saturated heterocycles. The molecule has 0 saturated carbocycles. The first-order chi connectivity index (χ1) is 12.5. The summed E-state index contributed by atoms with van der Waals surface area (Å²) >= 11 is 0. The molecular weight excluding hydrogens is 352 g/mol. The molecule has 1 atom stereocenters. The maximum absolute atomic E-state index is 12.6. The minimum atomic E-state index is -3.63. The Kier molecular flexibility index (Phi) is 5.58. The van der Waals surface area contributed by atoms with Crippen LogP contribution in [0.25, 0.3) is 0 Å². The van der Waals surface area contributed by atoms with Gasteiger partial charge in [0.2, 0.25) is 0 Å². The standard InChI is InChI=1S/C19H22N2O4S/c1-21(26(23,24)18-7-3-2-4-8-18)16-11-9-15(10-12-16)19(22)20-14-17-6-5-13-25-17/h2-4,7-12,17H,5-6,13-14H2,1H3,(H,20,22)/t17-/m1/s1. The molecule has 1 heterocycles. The number of nitrogens with zero attached hydrogens (tertiary/aromatic N) is 1. The van der Waals surface area contributed by atoms with Crippen molar-refractivity contribution in [3.63, 3.8) is 0 Å². The van der Waals surface area contributed by atoms with Crippen LogP contribution in [0.1, 0.15) is 23.2 Å². The van der Waals surface area contributed by atoms with Crippen LogP contribution in [-0.2, 0) is 14.8 Å². The smallest absolute Gasteiger partial charge is 0.264 e. The summed E-state index contributed by atoms with van der Waals surface area (Å²) in [5, 5.41) is 2.85. The summed E-state index contributed by atoms with van der Waals surface area (Å²) in [4.78, 5) is 12.4. The fourth-order valence-electron chi connectivity index (χ4n) is 2.83. The van der Waals surface area contributed by atoms with Gasteiger partial charge in [0.05, 0.1) is 16.7 Å². The summed E-state index contributed by atoms with van der Waals surface area (Å²) in [5.74, 6) is -0.194. The highest BCUT2D eigenvalue weighted by Crippen LogP contribution is 2.22. The molecule has 7 heteroatoms. The van der Waals surface area contributed by atoms with Crippen LogP contribution >= 0.6 is 0 Å². The molecule has 1 fully saturated rings. The quantitative estimate of drug-likeness (QED) is 0.843. The fourth-order valence-corrected chi connectivity index (χ4v) is 4.04. The molecule has 0 bridgehead atoms. The normalized spacial score (nSPS) is 17.0. The summed E-state index contributed by atoms with van der Waals surface area (Å²) in [6, 6.07) is 14.7. The number of hydrogen-bond donors (Lipinski definition) is 1. The number of nitrogens with one attached hydrogen (secondary N) is 1. The van der Waals surface area contributed by atoms with E-state index >= 15 is 0 Å². The molecule has 1 amide bonds. The monoisotopic (exact) mass is 374 g/mol. The molecular formula is C19H22N2O4S. The zero-order valence-corrected chi connectivity index (χ0v) is 15.4. The average Bonchev–Trinajstić information content (AvgIpc) is 3.20. The molecule has 2 aromatic carbocycles. The van der Waals surface area contributed by atoms with E-state index in [2.05, 4.69) is 5.32 Å². The molecule has 138 valence electrons. The van der Waals surface area contributed by atoms with Crippen LogP contribution in [0.15, 0.2) is 59.5 Å². The maximum atomic E-state index is 12.6. The Morgan fingerprint density at radius 1 is 1.15 bits per heavy atom. The molecule has 0 aromatic heterocycles. The van der Waals surface area contributed by atoms with Crippen molar-refractivity contribution in [1.82, 2.24) is 5.32 Å². The van der Waals surface area contributed by atoms with Gasteiger partial charge in [-0.15, -0.1) is 0 Å². The van der Waals surface area contributed by atoms with Gasteiger partial charge in [0.1, 0.15) is 0 Å². The molecule has 3 rings (SSSR count). The number of anilines is 1. The van der Waals surface area contributed by atoms with Crippen molar-refractivity contribution in [3.8, 4) is 0 Å². The summed E-state index contributed by atoms with van der Waals surface area (Å²) < 4.78 is 32.0. The van der Waals surface area contributed by atoms with Crippen molar-refractivity contribution in [2.24, 2.45) is 0 Å². The highest BCUT2D eigenvalue weighted by molar-refractivity contribution is 7.92. The van der Waals surface area contributed by atoms with Crippen LogP contribution in [0.5, 0.6) is 0 Å². The molecule has 0 aliphatic carbocycles. The number of benzene rings is 2. The Balaban J connectivity index is 1.67. The van der Waals surface area contributed by atoms with Gasteiger partial charge in [-0.3, -0.25) is 9.10 Å². The first-order valence-corrected chi connectivity index (χ1v) is 9.96. The van der Waals surface area contributed by atoms with Gasteiger partial charge >= 0.3 is 0 Å². The summed E-state index contributed by atoms with van der Waals surface area (Å²) in [7, 11) is -2.14. The number of carbonyl (C=O) groups is 1. The number of ether oxygens (including phenoxy) is 1. The van der Waals surface area contributed by atoms with Crippen LogP contribution in [0, 0.1) is 0 Å². The molecule has 0 unspecified atom stereocenters. The average molecular weight is 374 g/mol. The van der Waals surface area contributed by atoms with Crippen molar-refractivity contribution in [2.45, 2.75) is 23.8 Å². The van der Waals surface area contributed by atoms with Gasteiger partial charge in [0.15, 0.2) is 0 Å². The number of carbonyl (C=O) groups excluding carboxylic acids is 1.